The van der Waals surface area contributed by atoms with Crippen molar-refractivity contribution in [3.8, 4) is 5.75 Å². The Morgan fingerprint density at radius 1 is 0.923 bits per heavy atom. The Morgan fingerprint density at radius 3 is 2.18 bits per heavy atom. The third-order valence-electron chi connectivity index (χ3n) is 7.98. The van der Waals surface area contributed by atoms with Gasteiger partial charge in [-0.3, -0.25) is 4.79 Å². The predicted octanol–water partition coefficient (Wildman–Crippen LogP) is 7.52. The van der Waals surface area contributed by atoms with Gasteiger partial charge < -0.3 is 14.8 Å². The van der Waals surface area contributed by atoms with Crippen LogP contribution in [0.2, 0.25) is 0 Å². The van der Waals surface area contributed by atoms with E-state index in [4.69, 9.17) is 9.47 Å². The minimum Gasteiger partial charge on any atom is -0.494 e. The fourth-order valence-corrected chi connectivity index (χ4v) is 5.88. The van der Waals surface area contributed by atoms with Crippen LogP contribution < -0.4 is 10.1 Å². The van der Waals surface area contributed by atoms with Crippen molar-refractivity contribution in [3.63, 3.8) is 0 Å². The van der Waals surface area contributed by atoms with Gasteiger partial charge in [0.25, 0.3) is 0 Å². The number of ether oxygens (including phenoxy) is 2. The second-order valence-corrected chi connectivity index (χ2v) is 10.6. The summed E-state index contributed by atoms with van der Waals surface area (Å²) in [5.41, 5.74) is 6.45. The number of rotatable bonds is 11. The summed E-state index contributed by atoms with van der Waals surface area (Å²) in [5, 5.41) is 3.55. The third-order valence-corrected chi connectivity index (χ3v) is 7.98. The van der Waals surface area contributed by atoms with Crippen LogP contribution in [0.1, 0.15) is 102 Å². The number of benzene rings is 2. The van der Waals surface area contributed by atoms with E-state index in [-0.39, 0.29) is 23.8 Å². The number of carbonyl (C=O) groups excluding carboxylic acids is 2. The number of esters is 1. The quantitative estimate of drug-likeness (QED) is 0.305. The summed E-state index contributed by atoms with van der Waals surface area (Å²) in [6, 6.07) is 16.5. The molecule has 0 amide bonds. The number of allylic oxidation sites excluding steroid dienone is 3. The fourth-order valence-electron chi connectivity index (χ4n) is 5.88. The number of aryl methyl sites for hydroxylation is 1. The first-order valence-electron chi connectivity index (χ1n) is 14.7. The van der Waals surface area contributed by atoms with Gasteiger partial charge in [0, 0.05) is 29.3 Å². The van der Waals surface area contributed by atoms with Crippen molar-refractivity contribution in [1.29, 1.82) is 0 Å². The van der Waals surface area contributed by atoms with Gasteiger partial charge in [-0.25, -0.2) is 4.79 Å². The second kappa shape index (κ2) is 13.1. The highest BCUT2D eigenvalue weighted by molar-refractivity contribution is 6.04. The highest BCUT2D eigenvalue weighted by atomic mass is 16.5. The average molecular weight is 530 g/mol. The number of carbonyl (C=O) groups is 2. The number of hydrogen-bond acceptors (Lipinski definition) is 5. The zero-order chi connectivity index (χ0) is 27.9. The molecule has 5 nitrogen and oxygen atoms in total. The Balaban J connectivity index is 1.75. The molecular weight excluding hydrogens is 486 g/mol. The minimum atomic E-state index is -0.428. The fraction of sp³-hybridized carbons (Fsp3) is 0.471. The molecule has 0 aromatic heterocycles. The van der Waals surface area contributed by atoms with E-state index in [1.54, 1.807) is 0 Å². The minimum absolute atomic E-state index is 0.0724. The standard InChI is InChI=1S/C34H43NO4/c1-6-11-22-12-14-24(15-13-22)31-32-29(35-28(9-4)33(31)34(37)39-26(7-2)8-3)20-25(21-30(32)36)23-16-18-27(19-17-23)38-10-5/h12-19,25-26,31,35H,6-11,20-21H2,1-5H3. The van der Waals surface area contributed by atoms with Crippen LogP contribution in [0, 0.1) is 0 Å². The molecule has 208 valence electrons. The normalized spacial score (nSPS) is 19.2. The van der Waals surface area contributed by atoms with E-state index < -0.39 is 5.92 Å². The first kappa shape index (κ1) is 28.7. The molecule has 1 N–H and O–H groups in total. The summed E-state index contributed by atoms with van der Waals surface area (Å²) in [6.07, 6.45) is 5.23. The van der Waals surface area contributed by atoms with Gasteiger partial charge in [-0.15, -0.1) is 0 Å². The molecular formula is C34H43NO4. The number of dihydropyridines is 1. The van der Waals surface area contributed by atoms with Crippen molar-refractivity contribution in [2.75, 3.05) is 6.61 Å². The lowest BCUT2D eigenvalue weighted by Gasteiger charge is -2.37. The summed E-state index contributed by atoms with van der Waals surface area (Å²) in [4.78, 5) is 27.7. The molecule has 2 unspecified atom stereocenters. The van der Waals surface area contributed by atoms with Crippen LogP contribution in [-0.4, -0.2) is 24.5 Å². The maximum Gasteiger partial charge on any atom is 0.337 e. The van der Waals surface area contributed by atoms with Gasteiger partial charge in [-0.2, -0.15) is 0 Å². The van der Waals surface area contributed by atoms with Crippen molar-refractivity contribution in [1.82, 2.24) is 5.32 Å². The van der Waals surface area contributed by atoms with E-state index in [9.17, 15) is 9.59 Å². The van der Waals surface area contributed by atoms with E-state index >= 15 is 0 Å². The summed E-state index contributed by atoms with van der Waals surface area (Å²) in [5.74, 6) is 0.255. The zero-order valence-corrected chi connectivity index (χ0v) is 24.1. The van der Waals surface area contributed by atoms with Crippen molar-refractivity contribution in [2.45, 2.75) is 97.5 Å². The zero-order valence-electron chi connectivity index (χ0n) is 24.1. The smallest absolute Gasteiger partial charge is 0.337 e. The summed E-state index contributed by atoms with van der Waals surface area (Å²) in [6.45, 7) is 10.9. The largest absolute Gasteiger partial charge is 0.494 e. The van der Waals surface area contributed by atoms with E-state index in [2.05, 4.69) is 48.6 Å². The van der Waals surface area contributed by atoms with Crippen LogP contribution in [0.3, 0.4) is 0 Å². The molecule has 0 saturated carbocycles. The molecule has 2 atom stereocenters. The molecule has 2 aliphatic rings. The van der Waals surface area contributed by atoms with Crippen molar-refractivity contribution in [2.24, 2.45) is 0 Å². The van der Waals surface area contributed by atoms with Crippen LogP contribution in [0.4, 0.5) is 0 Å². The second-order valence-electron chi connectivity index (χ2n) is 10.6. The van der Waals surface area contributed by atoms with Gasteiger partial charge >= 0.3 is 5.97 Å². The molecule has 5 heteroatoms. The summed E-state index contributed by atoms with van der Waals surface area (Å²) < 4.78 is 11.6. The van der Waals surface area contributed by atoms with Crippen molar-refractivity contribution < 1.29 is 19.1 Å². The van der Waals surface area contributed by atoms with E-state index in [0.717, 1.165) is 60.4 Å². The molecule has 0 saturated heterocycles. The molecule has 1 heterocycles. The number of hydrogen-bond donors (Lipinski definition) is 1. The van der Waals surface area contributed by atoms with E-state index in [1.807, 2.05) is 39.8 Å². The Bertz CT molecular complexity index is 1220. The van der Waals surface area contributed by atoms with Crippen LogP contribution in [0.5, 0.6) is 5.75 Å². The molecule has 1 aliphatic heterocycles. The van der Waals surface area contributed by atoms with Crippen LogP contribution in [0.15, 0.2) is 71.1 Å². The number of ketones is 1. The molecule has 0 spiro atoms. The van der Waals surface area contributed by atoms with Crippen LogP contribution in [0.25, 0.3) is 0 Å². The Labute approximate surface area is 233 Å². The van der Waals surface area contributed by atoms with Gasteiger partial charge in [-0.1, -0.05) is 70.5 Å². The number of nitrogens with one attached hydrogen (secondary N) is 1. The molecule has 0 bridgehead atoms. The molecule has 0 radical (unpaired) electrons. The Kier molecular flexibility index (Phi) is 9.66. The molecule has 0 fully saturated rings. The van der Waals surface area contributed by atoms with Gasteiger partial charge in [0.1, 0.15) is 11.9 Å². The Morgan fingerprint density at radius 2 is 1.59 bits per heavy atom. The summed E-state index contributed by atoms with van der Waals surface area (Å²) in [7, 11) is 0. The maximum absolute atomic E-state index is 13.9. The molecule has 1 aliphatic carbocycles. The average Bonchev–Trinajstić information content (AvgIpc) is 2.95. The molecule has 39 heavy (non-hydrogen) atoms. The van der Waals surface area contributed by atoms with Crippen LogP contribution in [-0.2, 0) is 20.7 Å². The summed E-state index contributed by atoms with van der Waals surface area (Å²) >= 11 is 0. The molecule has 2 aromatic rings. The third kappa shape index (κ3) is 6.29. The van der Waals surface area contributed by atoms with Crippen molar-refractivity contribution in [3.05, 3.63) is 87.8 Å². The monoisotopic (exact) mass is 529 g/mol. The number of Topliss-reactive ketones (excluding diaryl/α,β-unsaturated/α-hetero) is 1. The molecule has 4 rings (SSSR count). The first-order chi connectivity index (χ1) is 18.9. The topological polar surface area (TPSA) is 64.6 Å². The maximum atomic E-state index is 13.9. The van der Waals surface area contributed by atoms with Gasteiger partial charge in [0.15, 0.2) is 5.78 Å². The first-order valence-corrected chi connectivity index (χ1v) is 14.7. The molecule has 2 aromatic carbocycles. The van der Waals surface area contributed by atoms with Gasteiger partial charge in [-0.05, 0) is 73.8 Å². The lowest BCUT2D eigenvalue weighted by Crippen LogP contribution is -2.37. The Hall–Kier alpha value is -3.34. The van der Waals surface area contributed by atoms with Crippen LogP contribution >= 0.6 is 0 Å². The predicted molar refractivity (Wildman–Crippen MR) is 156 cm³/mol. The lowest BCUT2D eigenvalue weighted by atomic mass is 9.71. The van der Waals surface area contributed by atoms with E-state index in [0.29, 0.717) is 30.6 Å². The SMILES string of the molecule is CCCc1ccc(C2C3=C(CC(c4ccc(OCC)cc4)CC3=O)NC(CC)=C2C(=O)OC(CC)CC)cc1. The highest BCUT2D eigenvalue weighted by Crippen LogP contribution is 2.46. The van der Waals surface area contributed by atoms with E-state index in [1.165, 1.54) is 5.56 Å². The van der Waals surface area contributed by atoms with Gasteiger partial charge in [0.05, 0.1) is 12.2 Å². The lowest BCUT2D eigenvalue weighted by molar-refractivity contribution is -0.145. The van der Waals surface area contributed by atoms with Gasteiger partial charge in [0.2, 0.25) is 0 Å². The highest BCUT2D eigenvalue weighted by Gasteiger charge is 2.42. The van der Waals surface area contributed by atoms with Crippen molar-refractivity contribution >= 4 is 11.8 Å².